The second-order valence-corrected chi connectivity index (χ2v) is 5.74. The molecule has 23 heavy (non-hydrogen) atoms. The SMILES string of the molecule is C[C@H](OC(=O)c1csc(-c2cccc(Cl)c2)n1)C(=O)NC(N)=O. The van der Waals surface area contributed by atoms with E-state index in [0.717, 1.165) is 5.56 Å². The van der Waals surface area contributed by atoms with Gasteiger partial charge < -0.3 is 10.5 Å². The van der Waals surface area contributed by atoms with Gasteiger partial charge in [-0.2, -0.15) is 0 Å². The molecule has 3 N–H and O–H groups in total. The lowest BCUT2D eigenvalue weighted by molar-refractivity contribution is -0.127. The van der Waals surface area contributed by atoms with Crippen LogP contribution in [0.2, 0.25) is 5.02 Å². The number of ether oxygens (including phenoxy) is 1. The fraction of sp³-hybridized carbons (Fsp3) is 0.143. The molecule has 0 spiro atoms. The van der Waals surface area contributed by atoms with Crippen molar-refractivity contribution in [2.75, 3.05) is 0 Å². The first-order chi connectivity index (χ1) is 10.9. The van der Waals surface area contributed by atoms with Crippen molar-refractivity contribution in [2.24, 2.45) is 5.73 Å². The van der Waals surface area contributed by atoms with Crippen LogP contribution in [0.4, 0.5) is 4.79 Å². The zero-order chi connectivity index (χ0) is 17.0. The molecule has 0 saturated carbocycles. The Hall–Kier alpha value is -2.45. The van der Waals surface area contributed by atoms with Crippen molar-refractivity contribution in [3.63, 3.8) is 0 Å². The summed E-state index contributed by atoms with van der Waals surface area (Å²) < 4.78 is 4.93. The van der Waals surface area contributed by atoms with E-state index in [2.05, 4.69) is 4.98 Å². The van der Waals surface area contributed by atoms with E-state index in [4.69, 9.17) is 22.1 Å². The quantitative estimate of drug-likeness (QED) is 0.818. The second kappa shape index (κ2) is 7.21. The number of nitrogens with zero attached hydrogens (tertiary/aromatic N) is 1. The largest absolute Gasteiger partial charge is 0.448 e. The van der Waals surface area contributed by atoms with Gasteiger partial charge in [-0.15, -0.1) is 11.3 Å². The molecule has 0 radical (unpaired) electrons. The van der Waals surface area contributed by atoms with E-state index in [1.807, 2.05) is 11.4 Å². The summed E-state index contributed by atoms with van der Waals surface area (Å²) in [5.74, 6) is -1.59. The van der Waals surface area contributed by atoms with E-state index in [1.165, 1.54) is 23.6 Å². The third kappa shape index (κ3) is 4.51. The van der Waals surface area contributed by atoms with Crippen LogP contribution in [-0.4, -0.2) is 29.0 Å². The zero-order valence-electron chi connectivity index (χ0n) is 11.9. The molecule has 0 bridgehead atoms. The highest BCUT2D eigenvalue weighted by atomic mass is 35.5. The predicted molar refractivity (Wildman–Crippen MR) is 85.2 cm³/mol. The van der Waals surface area contributed by atoms with Crippen molar-refractivity contribution < 1.29 is 19.1 Å². The van der Waals surface area contributed by atoms with Crippen LogP contribution in [-0.2, 0) is 9.53 Å². The third-order valence-corrected chi connectivity index (χ3v) is 3.81. The maximum Gasteiger partial charge on any atom is 0.358 e. The van der Waals surface area contributed by atoms with E-state index in [-0.39, 0.29) is 5.69 Å². The molecule has 9 heteroatoms. The van der Waals surface area contributed by atoms with E-state index in [0.29, 0.717) is 10.0 Å². The number of hydrogen-bond acceptors (Lipinski definition) is 6. The Kier molecular flexibility index (Phi) is 5.30. The van der Waals surface area contributed by atoms with Crippen LogP contribution in [0.15, 0.2) is 29.6 Å². The molecular weight excluding hydrogens is 342 g/mol. The topological polar surface area (TPSA) is 111 Å². The van der Waals surface area contributed by atoms with Crippen LogP contribution in [0.3, 0.4) is 0 Å². The fourth-order valence-corrected chi connectivity index (χ4v) is 2.60. The minimum atomic E-state index is -1.17. The Morgan fingerprint density at radius 3 is 2.78 bits per heavy atom. The van der Waals surface area contributed by atoms with Crippen LogP contribution < -0.4 is 11.1 Å². The number of primary amides is 1. The number of imide groups is 1. The van der Waals surface area contributed by atoms with Crippen LogP contribution in [0, 0.1) is 0 Å². The number of thiazole rings is 1. The van der Waals surface area contributed by atoms with Crippen molar-refractivity contribution in [3.05, 3.63) is 40.4 Å². The average Bonchev–Trinajstić information content (AvgIpc) is 2.96. The fourth-order valence-electron chi connectivity index (χ4n) is 1.62. The Morgan fingerprint density at radius 1 is 1.39 bits per heavy atom. The van der Waals surface area contributed by atoms with Gasteiger partial charge in [0.25, 0.3) is 5.91 Å². The van der Waals surface area contributed by atoms with Crippen molar-refractivity contribution in [2.45, 2.75) is 13.0 Å². The molecule has 1 atom stereocenters. The first-order valence-corrected chi connectivity index (χ1v) is 7.65. The second-order valence-electron chi connectivity index (χ2n) is 4.45. The van der Waals surface area contributed by atoms with Crippen LogP contribution in [0.1, 0.15) is 17.4 Å². The number of carbonyl (C=O) groups excluding carboxylic acids is 3. The highest BCUT2D eigenvalue weighted by molar-refractivity contribution is 7.13. The molecule has 2 aromatic rings. The molecule has 0 aliphatic rings. The number of urea groups is 1. The minimum absolute atomic E-state index is 0.0590. The van der Waals surface area contributed by atoms with Gasteiger partial charge in [0.1, 0.15) is 5.01 Å². The van der Waals surface area contributed by atoms with Gasteiger partial charge in [-0.25, -0.2) is 14.6 Å². The molecule has 0 aliphatic carbocycles. The van der Waals surface area contributed by atoms with E-state index >= 15 is 0 Å². The van der Waals surface area contributed by atoms with Crippen LogP contribution >= 0.6 is 22.9 Å². The van der Waals surface area contributed by atoms with Crippen LogP contribution in [0.5, 0.6) is 0 Å². The lowest BCUT2D eigenvalue weighted by Gasteiger charge is -2.10. The van der Waals surface area contributed by atoms with E-state index < -0.39 is 24.0 Å². The minimum Gasteiger partial charge on any atom is -0.448 e. The summed E-state index contributed by atoms with van der Waals surface area (Å²) >= 11 is 7.15. The lowest BCUT2D eigenvalue weighted by atomic mass is 10.2. The number of aromatic nitrogens is 1. The molecule has 0 unspecified atom stereocenters. The van der Waals surface area contributed by atoms with E-state index in [9.17, 15) is 14.4 Å². The number of hydrogen-bond donors (Lipinski definition) is 2. The smallest absolute Gasteiger partial charge is 0.358 e. The Morgan fingerprint density at radius 2 is 2.13 bits per heavy atom. The third-order valence-electron chi connectivity index (χ3n) is 2.68. The van der Waals surface area contributed by atoms with Crippen LogP contribution in [0.25, 0.3) is 10.6 Å². The molecule has 0 fully saturated rings. The molecule has 0 aliphatic heterocycles. The number of nitrogens with one attached hydrogen (secondary N) is 1. The van der Waals surface area contributed by atoms with Crippen molar-refractivity contribution in [1.82, 2.24) is 10.3 Å². The molecule has 7 nitrogen and oxygen atoms in total. The molecular formula is C14H12ClN3O4S. The number of esters is 1. The maximum absolute atomic E-state index is 12.0. The van der Waals surface area contributed by atoms with E-state index in [1.54, 1.807) is 18.2 Å². The molecule has 1 aromatic heterocycles. The van der Waals surface area contributed by atoms with Crippen molar-refractivity contribution in [3.8, 4) is 10.6 Å². The Bertz CT molecular complexity index is 762. The van der Waals surface area contributed by atoms with Crippen molar-refractivity contribution in [1.29, 1.82) is 0 Å². The number of nitrogens with two attached hydrogens (primary N) is 1. The van der Waals surface area contributed by atoms with Gasteiger partial charge in [0, 0.05) is 16.0 Å². The summed E-state index contributed by atoms with van der Waals surface area (Å²) in [6, 6.07) is 6.01. The maximum atomic E-state index is 12.0. The normalized spacial score (nSPS) is 11.6. The standard InChI is InChI=1S/C14H12ClN3O4S/c1-7(11(19)18-14(16)21)22-13(20)10-6-23-12(17-10)8-3-2-4-9(15)5-8/h2-7H,1H3,(H3,16,18,19,21)/t7-/m0/s1. The summed E-state index contributed by atoms with van der Waals surface area (Å²) in [5.41, 5.74) is 5.64. The summed E-state index contributed by atoms with van der Waals surface area (Å²) in [6.07, 6.45) is -1.17. The van der Waals surface area contributed by atoms with Gasteiger partial charge in [-0.1, -0.05) is 23.7 Å². The molecule has 3 amide bonds. The van der Waals surface area contributed by atoms with Gasteiger partial charge in [-0.05, 0) is 19.1 Å². The van der Waals surface area contributed by atoms with Gasteiger partial charge in [-0.3, -0.25) is 10.1 Å². The number of carbonyl (C=O) groups is 3. The van der Waals surface area contributed by atoms with Crippen molar-refractivity contribution >= 4 is 40.8 Å². The van der Waals surface area contributed by atoms with Gasteiger partial charge in [0.05, 0.1) is 0 Å². The molecule has 1 aromatic carbocycles. The number of benzene rings is 1. The monoisotopic (exact) mass is 353 g/mol. The van der Waals surface area contributed by atoms with Gasteiger partial charge in [0.2, 0.25) is 0 Å². The number of halogens is 1. The first kappa shape index (κ1) is 16.9. The molecule has 1 heterocycles. The summed E-state index contributed by atoms with van der Waals surface area (Å²) in [5, 5.41) is 4.48. The molecule has 2 rings (SSSR count). The molecule has 120 valence electrons. The number of rotatable bonds is 4. The summed E-state index contributed by atoms with van der Waals surface area (Å²) in [6.45, 7) is 1.32. The lowest BCUT2D eigenvalue weighted by Crippen LogP contribution is -2.42. The highest BCUT2D eigenvalue weighted by Gasteiger charge is 2.21. The number of amides is 3. The first-order valence-electron chi connectivity index (χ1n) is 6.39. The Labute approximate surface area is 140 Å². The summed E-state index contributed by atoms with van der Waals surface area (Å²) in [7, 11) is 0. The highest BCUT2D eigenvalue weighted by Crippen LogP contribution is 2.26. The molecule has 0 saturated heterocycles. The summed E-state index contributed by atoms with van der Waals surface area (Å²) in [4.78, 5) is 38.2. The average molecular weight is 354 g/mol. The van der Waals surface area contributed by atoms with Gasteiger partial charge >= 0.3 is 12.0 Å². The van der Waals surface area contributed by atoms with Gasteiger partial charge in [0.15, 0.2) is 11.8 Å². The zero-order valence-corrected chi connectivity index (χ0v) is 13.5. The Balaban J connectivity index is 2.07. The predicted octanol–water partition coefficient (Wildman–Crippen LogP) is 2.20.